The monoisotopic (exact) mass is 690 g/mol. The highest BCUT2D eigenvalue weighted by molar-refractivity contribution is 6.17. The second-order valence-corrected chi connectivity index (χ2v) is 15.3. The van der Waals surface area contributed by atoms with E-state index >= 15 is 0 Å². The van der Waals surface area contributed by atoms with Crippen molar-refractivity contribution >= 4 is 38.9 Å². The van der Waals surface area contributed by atoms with Crippen LogP contribution in [0.25, 0.3) is 60.9 Å². The first-order valence-electron chi connectivity index (χ1n) is 19.0. The quantitative estimate of drug-likeness (QED) is 0.175. The molecule has 11 rings (SSSR count). The first kappa shape index (κ1) is 30.9. The zero-order valence-corrected chi connectivity index (χ0v) is 30.4. The van der Waals surface area contributed by atoms with Crippen LogP contribution in [0.5, 0.6) is 0 Å². The molecule has 0 spiro atoms. The van der Waals surface area contributed by atoms with Gasteiger partial charge in [0.2, 0.25) is 0 Å². The minimum absolute atomic E-state index is 0.113. The number of benzene rings is 8. The normalized spacial score (nSPS) is 13.4. The molecule has 0 fully saturated rings. The Bertz CT molecular complexity index is 2930. The molecule has 0 radical (unpaired) electrons. The second-order valence-electron chi connectivity index (χ2n) is 15.3. The van der Waals surface area contributed by atoms with E-state index in [-0.39, 0.29) is 5.41 Å². The van der Waals surface area contributed by atoms with E-state index in [9.17, 15) is 0 Å². The van der Waals surface area contributed by atoms with Gasteiger partial charge in [0.05, 0.1) is 22.4 Å². The average molecular weight is 691 g/mol. The van der Waals surface area contributed by atoms with Crippen molar-refractivity contribution in [1.29, 1.82) is 0 Å². The summed E-state index contributed by atoms with van der Waals surface area (Å²) in [5.74, 6) is 0. The van der Waals surface area contributed by atoms with E-state index in [1.807, 2.05) is 0 Å². The van der Waals surface area contributed by atoms with Gasteiger partial charge in [-0.1, -0.05) is 147 Å². The number of aromatic nitrogens is 1. The third kappa shape index (κ3) is 4.40. The van der Waals surface area contributed by atoms with E-state index in [1.54, 1.807) is 0 Å². The molecule has 2 aliphatic carbocycles. The number of para-hydroxylation sites is 2. The zero-order chi connectivity index (χ0) is 36.0. The summed E-state index contributed by atoms with van der Waals surface area (Å²) in [6.45, 7) is 4.73. The van der Waals surface area contributed by atoms with Crippen LogP contribution in [0.1, 0.15) is 36.1 Å². The van der Waals surface area contributed by atoms with Crippen molar-refractivity contribution in [3.05, 3.63) is 204 Å². The number of hydrogen-bond donors (Lipinski definition) is 0. The Morgan fingerprint density at radius 2 is 1.11 bits per heavy atom. The largest absolute Gasteiger partial charge is 0.309 e. The fourth-order valence-corrected chi connectivity index (χ4v) is 9.59. The number of rotatable bonds is 5. The Kier molecular flexibility index (Phi) is 6.69. The molecular formula is C52H38N2. The van der Waals surface area contributed by atoms with Gasteiger partial charge in [-0.3, -0.25) is 0 Å². The predicted molar refractivity (Wildman–Crippen MR) is 227 cm³/mol. The lowest BCUT2D eigenvalue weighted by molar-refractivity contribution is 0.660. The van der Waals surface area contributed by atoms with Gasteiger partial charge in [-0.15, -0.1) is 0 Å². The first-order chi connectivity index (χ1) is 26.6. The zero-order valence-electron chi connectivity index (χ0n) is 30.4. The highest BCUT2D eigenvalue weighted by atomic mass is 15.2. The lowest BCUT2D eigenvalue weighted by Crippen LogP contribution is -2.16. The van der Waals surface area contributed by atoms with Crippen molar-refractivity contribution in [3.63, 3.8) is 0 Å². The van der Waals surface area contributed by atoms with E-state index in [0.717, 1.165) is 23.5 Å². The molecule has 2 nitrogen and oxygen atoms in total. The molecule has 8 aromatic carbocycles. The van der Waals surface area contributed by atoms with Crippen molar-refractivity contribution in [3.8, 4) is 39.1 Å². The van der Waals surface area contributed by atoms with E-state index in [0.29, 0.717) is 0 Å². The highest BCUT2D eigenvalue weighted by Gasteiger charge is 2.38. The Balaban J connectivity index is 1.16. The van der Waals surface area contributed by atoms with Crippen LogP contribution in [-0.4, -0.2) is 4.57 Å². The molecule has 0 bridgehead atoms. The van der Waals surface area contributed by atoms with Crippen LogP contribution in [-0.2, 0) is 11.8 Å². The van der Waals surface area contributed by atoms with Crippen molar-refractivity contribution in [2.45, 2.75) is 25.7 Å². The maximum absolute atomic E-state index is 2.52. The number of fused-ring (bicyclic) bond motifs is 9. The molecule has 2 aliphatic rings. The molecule has 0 amide bonds. The highest BCUT2D eigenvalue weighted by Crippen LogP contribution is 2.55. The van der Waals surface area contributed by atoms with Gasteiger partial charge in [0.25, 0.3) is 0 Å². The van der Waals surface area contributed by atoms with Crippen LogP contribution >= 0.6 is 0 Å². The van der Waals surface area contributed by atoms with E-state index in [1.165, 1.54) is 83.1 Å². The molecule has 256 valence electrons. The fourth-order valence-electron chi connectivity index (χ4n) is 9.59. The molecule has 9 aromatic rings. The third-order valence-electron chi connectivity index (χ3n) is 12.0. The second kappa shape index (κ2) is 11.7. The molecule has 0 atom stereocenters. The third-order valence-corrected chi connectivity index (χ3v) is 12.0. The van der Waals surface area contributed by atoms with Gasteiger partial charge in [-0.25, -0.2) is 0 Å². The van der Waals surface area contributed by atoms with Crippen LogP contribution in [0.3, 0.4) is 0 Å². The number of anilines is 3. The maximum Gasteiger partial charge on any atom is 0.0562 e. The summed E-state index contributed by atoms with van der Waals surface area (Å²) in [5.41, 5.74) is 20.4. The Morgan fingerprint density at radius 1 is 0.481 bits per heavy atom. The maximum atomic E-state index is 2.52. The smallest absolute Gasteiger partial charge is 0.0562 e. The summed E-state index contributed by atoms with van der Waals surface area (Å²) in [6.07, 6.45) is 0.967. The van der Waals surface area contributed by atoms with Crippen LogP contribution < -0.4 is 4.90 Å². The average Bonchev–Trinajstić information content (AvgIpc) is 3.85. The summed E-state index contributed by atoms with van der Waals surface area (Å²) < 4.78 is 2.41. The van der Waals surface area contributed by atoms with Crippen molar-refractivity contribution in [1.82, 2.24) is 4.57 Å². The molecule has 54 heavy (non-hydrogen) atoms. The summed E-state index contributed by atoms with van der Waals surface area (Å²) >= 11 is 0. The van der Waals surface area contributed by atoms with Gasteiger partial charge < -0.3 is 9.47 Å². The molecular weight excluding hydrogens is 653 g/mol. The van der Waals surface area contributed by atoms with Crippen LogP contribution in [0, 0.1) is 0 Å². The molecule has 0 saturated heterocycles. The first-order valence-corrected chi connectivity index (χ1v) is 19.0. The summed E-state index contributed by atoms with van der Waals surface area (Å²) in [7, 11) is 0. The van der Waals surface area contributed by atoms with Crippen molar-refractivity contribution < 1.29 is 0 Å². The summed E-state index contributed by atoms with van der Waals surface area (Å²) in [4.78, 5) is 2.52. The molecule has 0 saturated carbocycles. The Morgan fingerprint density at radius 3 is 1.98 bits per heavy atom. The molecule has 1 aromatic heterocycles. The van der Waals surface area contributed by atoms with Gasteiger partial charge in [-0.05, 0) is 105 Å². The van der Waals surface area contributed by atoms with Crippen LogP contribution in [0.4, 0.5) is 17.1 Å². The predicted octanol–water partition coefficient (Wildman–Crippen LogP) is 13.8. The number of nitrogens with zero attached hydrogens (tertiary/aromatic N) is 2. The molecule has 0 unspecified atom stereocenters. The van der Waals surface area contributed by atoms with E-state index < -0.39 is 0 Å². The molecule has 0 aliphatic heterocycles. The van der Waals surface area contributed by atoms with Crippen molar-refractivity contribution in [2.24, 2.45) is 0 Å². The van der Waals surface area contributed by atoms with Gasteiger partial charge in [0.15, 0.2) is 0 Å². The van der Waals surface area contributed by atoms with Gasteiger partial charge in [-0.2, -0.15) is 0 Å². The Hall–Kier alpha value is -6.64. The van der Waals surface area contributed by atoms with Crippen LogP contribution in [0.15, 0.2) is 182 Å². The standard InChI is InChI=1S/C52H38N2/c1-52(2)44-23-10-8-19-41(44)50-45(52)24-13-26-47(50)54(37-31-29-34(30-32-37)38-21-12-22-40-39-18-7-6-15-35(39)33-43(38)40)49-28-14-27-48-51(49)42-20-9-11-25-46(42)53(48)36-16-4-3-5-17-36/h3-32H,33H2,1-2H3. The lowest BCUT2D eigenvalue weighted by Gasteiger charge is -2.30. The molecule has 1 heterocycles. The van der Waals surface area contributed by atoms with E-state index in [2.05, 4.69) is 205 Å². The fraction of sp³-hybridized carbons (Fsp3) is 0.0769. The summed E-state index contributed by atoms with van der Waals surface area (Å²) in [6, 6.07) is 67.3. The summed E-state index contributed by atoms with van der Waals surface area (Å²) in [5, 5.41) is 2.48. The van der Waals surface area contributed by atoms with E-state index in [4.69, 9.17) is 0 Å². The van der Waals surface area contributed by atoms with Crippen molar-refractivity contribution in [2.75, 3.05) is 4.90 Å². The molecule has 2 heteroatoms. The van der Waals surface area contributed by atoms with Gasteiger partial charge in [0.1, 0.15) is 0 Å². The lowest BCUT2D eigenvalue weighted by atomic mass is 9.82. The minimum atomic E-state index is -0.113. The SMILES string of the molecule is CC1(C)c2ccccc2-c2c(N(c3ccc(-c4cccc5c4Cc4ccccc4-5)cc3)c3cccc4c3c3ccccc3n4-c3ccccc3)cccc21. The van der Waals surface area contributed by atoms with Crippen LogP contribution in [0.2, 0.25) is 0 Å². The minimum Gasteiger partial charge on any atom is -0.309 e. The van der Waals surface area contributed by atoms with Gasteiger partial charge in [0, 0.05) is 33.1 Å². The number of hydrogen-bond acceptors (Lipinski definition) is 1. The Labute approximate surface area is 316 Å². The van der Waals surface area contributed by atoms with Gasteiger partial charge >= 0.3 is 0 Å². The topological polar surface area (TPSA) is 8.17 Å². The molecule has 0 N–H and O–H groups in total.